The lowest BCUT2D eigenvalue weighted by Gasteiger charge is -2.36. The molecule has 1 fully saturated rings. The Bertz CT molecular complexity index is 236. The Kier molecular flexibility index (Phi) is 4.00. The van der Waals surface area contributed by atoms with Gasteiger partial charge in [0.1, 0.15) is 0 Å². The molecule has 0 aromatic carbocycles. The van der Waals surface area contributed by atoms with Crippen LogP contribution in [0.2, 0.25) is 0 Å². The molecule has 0 aromatic heterocycles. The molecular weight excluding hydrogens is 202 g/mol. The van der Waals surface area contributed by atoms with Gasteiger partial charge in [0.2, 0.25) is 5.91 Å². The van der Waals surface area contributed by atoms with Crippen LogP contribution in [0.3, 0.4) is 0 Å². The third-order valence-corrected chi connectivity index (χ3v) is 2.32. The quantitative estimate of drug-likeness (QED) is 0.333. The first-order valence-electron chi connectivity index (χ1n) is 4.72. The van der Waals surface area contributed by atoms with Crippen LogP contribution >= 0.6 is 0 Å². The number of hydrogen-bond donors (Lipinski definition) is 5. The number of aliphatic hydroxyl groups excluding tert-OH is 2. The van der Waals surface area contributed by atoms with Gasteiger partial charge in [-0.15, -0.1) is 0 Å². The summed E-state index contributed by atoms with van der Waals surface area (Å²) in [7, 11) is 0. The summed E-state index contributed by atoms with van der Waals surface area (Å²) in [6.45, 7) is 1.54. The summed E-state index contributed by atoms with van der Waals surface area (Å²) < 4.78 is 4.87. The minimum atomic E-state index is -1.21. The van der Waals surface area contributed by atoms with Gasteiger partial charge in [-0.3, -0.25) is 4.79 Å². The largest absolute Gasteiger partial charge is 0.389 e. The average molecular weight is 219 g/mol. The van der Waals surface area contributed by atoms with Crippen molar-refractivity contribution in [2.24, 2.45) is 11.5 Å². The Labute approximate surface area is 87.4 Å². The fourth-order valence-corrected chi connectivity index (χ4v) is 1.29. The van der Waals surface area contributed by atoms with Crippen LogP contribution in [0, 0.1) is 0 Å². The molecule has 0 aliphatic carbocycles. The fourth-order valence-electron chi connectivity index (χ4n) is 1.29. The number of nitrogens with one attached hydrogen (secondary N) is 1. The molecule has 0 spiro atoms. The van der Waals surface area contributed by atoms with Crippen LogP contribution in [-0.4, -0.2) is 53.2 Å². The van der Waals surface area contributed by atoms with E-state index in [1.807, 2.05) is 0 Å². The zero-order valence-electron chi connectivity index (χ0n) is 8.46. The molecule has 7 nitrogen and oxygen atoms in total. The summed E-state index contributed by atoms with van der Waals surface area (Å²) in [6.07, 6.45) is -2.25. The van der Waals surface area contributed by atoms with Crippen LogP contribution in [-0.2, 0) is 9.53 Å². The summed E-state index contributed by atoms with van der Waals surface area (Å²) >= 11 is 0. The Balaban J connectivity index is 2.53. The average Bonchev–Trinajstić information content (AvgIpc) is 2.18. The van der Waals surface area contributed by atoms with Gasteiger partial charge in [0.15, 0.2) is 6.29 Å². The molecule has 0 bridgehead atoms. The highest BCUT2D eigenvalue weighted by molar-refractivity contribution is 5.81. The summed E-state index contributed by atoms with van der Waals surface area (Å²) in [4.78, 5) is 11.2. The minimum Gasteiger partial charge on any atom is -0.389 e. The second-order valence-electron chi connectivity index (χ2n) is 3.70. The molecule has 1 saturated heterocycles. The lowest BCUT2D eigenvalue weighted by molar-refractivity contribution is -0.178. The van der Waals surface area contributed by atoms with Gasteiger partial charge in [0.25, 0.3) is 0 Å². The lowest BCUT2D eigenvalue weighted by Crippen LogP contribution is -2.63. The predicted molar refractivity (Wildman–Crippen MR) is 51.5 cm³/mol. The SMILES string of the molecule is C[C@@H](N)C(=O)N[C@H]1CO[C@@H](O)[C@H](N)[C@H]1O. The van der Waals surface area contributed by atoms with E-state index in [1.165, 1.54) is 6.92 Å². The molecule has 7 N–H and O–H groups in total. The molecule has 1 aliphatic heterocycles. The second-order valence-corrected chi connectivity index (χ2v) is 3.70. The van der Waals surface area contributed by atoms with Gasteiger partial charge in [-0.1, -0.05) is 0 Å². The molecular formula is C8H17N3O4. The van der Waals surface area contributed by atoms with E-state index in [2.05, 4.69) is 5.32 Å². The Morgan fingerprint density at radius 2 is 2.20 bits per heavy atom. The molecule has 0 saturated carbocycles. The third-order valence-electron chi connectivity index (χ3n) is 2.32. The Morgan fingerprint density at radius 3 is 2.73 bits per heavy atom. The van der Waals surface area contributed by atoms with Crippen molar-refractivity contribution in [3.63, 3.8) is 0 Å². The molecule has 1 rings (SSSR count). The van der Waals surface area contributed by atoms with Crippen LogP contribution in [0.5, 0.6) is 0 Å². The molecule has 1 heterocycles. The van der Waals surface area contributed by atoms with Gasteiger partial charge in [-0.05, 0) is 6.92 Å². The first-order valence-corrected chi connectivity index (χ1v) is 4.72. The van der Waals surface area contributed by atoms with Crippen LogP contribution in [0.25, 0.3) is 0 Å². The normalized spacial score (nSPS) is 38.5. The van der Waals surface area contributed by atoms with E-state index >= 15 is 0 Å². The maximum absolute atomic E-state index is 11.2. The van der Waals surface area contributed by atoms with Crippen molar-refractivity contribution >= 4 is 5.91 Å². The first kappa shape index (κ1) is 12.3. The van der Waals surface area contributed by atoms with Gasteiger partial charge < -0.3 is 31.7 Å². The van der Waals surface area contributed by atoms with Crippen molar-refractivity contribution in [1.29, 1.82) is 0 Å². The van der Waals surface area contributed by atoms with E-state index in [0.717, 1.165) is 0 Å². The smallest absolute Gasteiger partial charge is 0.237 e. The molecule has 7 heteroatoms. The molecule has 1 amide bonds. The number of aliphatic hydroxyl groups is 2. The van der Waals surface area contributed by atoms with Crippen LogP contribution in [0.15, 0.2) is 0 Å². The standard InChI is InChI=1S/C8H17N3O4/c1-3(9)7(13)11-4-2-15-8(14)5(10)6(4)12/h3-6,8,12,14H,2,9-10H2,1H3,(H,11,13)/t3-,4+,5-,6+,8-/m1/s1. The number of rotatable bonds is 2. The number of amides is 1. The Morgan fingerprint density at radius 1 is 1.60 bits per heavy atom. The summed E-state index contributed by atoms with van der Waals surface area (Å²) in [5.41, 5.74) is 10.8. The van der Waals surface area contributed by atoms with Gasteiger partial charge in [-0.25, -0.2) is 0 Å². The van der Waals surface area contributed by atoms with Crippen LogP contribution in [0.4, 0.5) is 0 Å². The van der Waals surface area contributed by atoms with E-state index in [-0.39, 0.29) is 6.61 Å². The van der Waals surface area contributed by atoms with Gasteiger partial charge in [0, 0.05) is 0 Å². The summed E-state index contributed by atoms with van der Waals surface area (Å²) in [6, 6.07) is -2.24. The van der Waals surface area contributed by atoms with Crippen molar-refractivity contribution in [3.05, 3.63) is 0 Å². The lowest BCUT2D eigenvalue weighted by atomic mass is 10.0. The molecule has 88 valence electrons. The van der Waals surface area contributed by atoms with Crippen LogP contribution < -0.4 is 16.8 Å². The van der Waals surface area contributed by atoms with Crippen molar-refractivity contribution in [1.82, 2.24) is 5.32 Å². The van der Waals surface area contributed by atoms with Crippen LogP contribution in [0.1, 0.15) is 6.92 Å². The zero-order chi connectivity index (χ0) is 11.6. The maximum atomic E-state index is 11.2. The van der Waals surface area contributed by atoms with Crippen molar-refractivity contribution in [2.75, 3.05) is 6.61 Å². The van der Waals surface area contributed by atoms with Gasteiger partial charge in [0.05, 0.1) is 30.8 Å². The number of nitrogens with two attached hydrogens (primary N) is 2. The molecule has 0 radical (unpaired) electrons. The number of carbonyl (C=O) groups is 1. The van der Waals surface area contributed by atoms with E-state index in [9.17, 15) is 9.90 Å². The minimum absolute atomic E-state index is 0.00843. The topological polar surface area (TPSA) is 131 Å². The molecule has 0 unspecified atom stereocenters. The van der Waals surface area contributed by atoms with E-state index in [0.29, 0.717) is 0 Å². The number of hydrogen-bond acceptors (Lipinski definition) is 6. The zero-order valence-corrected chi connectivity index (χ0v) is 8.46. The van der Waals surface area contributed by atoms with E-state index in [1.54, 1.807) is 0 Å². The fraction of sp³-hybridized carbons (Fsp3) is 0.875. The highest BCUT2D eigenvalue weighted by Gasteiger charge is 2.37. The maximum Gasteiger partial charge on any atom is 0.237 e. The van der Waals surface area contributed by atoms with E-state index in [4.69, 9.17) is 21.3 Å². The second kappa shape index (κ2) is 4.86. The molecule has 5 atom stereocenters. The highest BCUT2D eigenvalue weighted by atomic mass is 16.6. The first-order chi connectivity index (χ1) is 6.93. The van der Waals surface area contributed by atoms with Crippen molar-refractivity contribution in [3.8, 4) is 0 Å². The summed E-state index contributed by atoms with van der Waals surface area (Å²) in [5, 5.41) is 21.3. The van der Waals surface area contributed by atoms with Gasteiger partial charge >= 0.3 is 0 Å². The van der Waals surface area contributed by atoms with Crippen molar-refractivity contribution in [2.45, 2.75) is 37.4 Å². The number of ether oxygens (including phenoxy) is 1. The third kappa shape index (κ3) is 2.86. The molecule has 0 aromatic rings. The van der Waals surface area contributed by atoms with E-state index < -0.39 is 36.4 Å². The Hall–Kier alpha value is -0.730. The monoisotopic (exact) mass is 219 g/mol. The number of carbonyl (C=O) groups excluding carboxylic acids is 1. The molecule has 1 aliphatic rings. The van der Waals surface area contributed by atoms with Crippen molar-refractivity contribution < 1.29 is 19.7 Å². The predicted octanol–water partition coefficient (Wildman–Crippen LogP) is -3.14. The highest BCUT2D eigenvalue weighted by Crippen LogP contribution is 2.11. The van der Waals surface area contributed by atoms with Gasteiger partial charge in [-0.2, -0.15) is 0 Å². The molecule has 15 heavy (non-hydrogen) atoms. The summed E-state index contributed by atoms with van der Waals surface area (Å²) in [5.74, 6) is -0.397.